The lowest BCUT2D eigenvalue weighted by Gasteiger charge is -2.42. The molecule has 0 fully saturated rings. The van der Waals surface area contributed by atoms with Crippen LogP contribution in [0.1, 0.15) is 94.6 Å². The summed E-state index contributed by atoms with van der Waals surface area (Å²) in [7, 11) is 0. The second-order valence-corrected chi connectivity index (χ2v) is 12.7. The Balaban J connectivity index is 1.57. The van der Waals surface area contributed by atoms with Crippen LogP contribution < -0.4 is 9.47 Å². The van der Waals surface area contributed by atoms with Crippen molar-refractivity contribution in [2.24, 2.45) is 10.8 Å². The van der Waals surface area contributed by atoms with Crippen LogP contribution in [0.5, 0.6) is 11.5 Å². The molecule has 0 bridgehead atoms. The monoisotopic (exact) mass is 542 g/mol. The number of Topliss-reactive ketones (excluding diaryl/α,β-unsaturated/α-hetero) is 2. The van der Waals surface area contributed by atoms with Gasteiger partial charge in [0.15, 0.2) is 23.1 Å². The third-order valence-electron chi connectivity index (χ3n) is 7.98. The summed E-state index contributed by atoms with van der Waals surface area (Å²) in [6, 6.07) is 12.7. The summed E-state index contributed by atoms with van der Waals surface area (Å²) in [5.41, 5.74) is 3.01. The zero-order chi connectivity index (χ0) is 28.8. The number of esters is 1. The number of hydrogen-bond donors (Lipinski definition) is 0. The van der Waals surface area contributed by atoms with Gasteiger partial charge in [0, 0.05) is 42.7 Å². The van der Waals surface area contributed by atoms with Crippen LogP contribution in [-0.4, -0.2) is 24.1 Å². The molecule has 0 saturated heterocycles. The molecule has 0 aromatic heterocycles. The average molecular weight is 543 g/mol. The Morgan fingerprint density at radius 1 is 0.825 bits per heavy atom. The maximum Gasteiger partial charge on any atom is 0.343 e. The fourth-order valence-electron chi connectivity index (χ4n) is 6.10. The molecule has 0 amide bonds. The summed E-state index contributed by atoms with van der Waals surface area (Å²) in [6.07, 6.45) is 2.91. The van der Waals surface area contributed by atoms with Crippen molar-refractivity contribution >= 4 is 17.5 Å². The molecule has 2 aromatic carbocycles. The Bertz CT molecular complexity index is 1390. The number of ketones is 2. The molecular formula is C34H38O6. The van der Waals surface area contributed by atoms with Gasteiger partial charge in [0.05, 0.1) is 12.2 Å². The molecule has 1 heterocycles. The van der Waals surface area contributed by atoms with Crippen LogP contribution in [0.2, 0.25) is 0 Å². The quantitative estimate of drug-likeness (QED) is 0.282. The Kier molecular flexibility index (Phi) is 7.24. The van der Waals surface area contributed by atoms with Crippen LogP contribution in [0, 0.1) is 10.8 Å². The highest BCUT2D eigenvalue weighted by molar-refractivity contribution is 6.06. The number of allylic oxidation sites excluding steroid dienone is 4. The second-order valence-electron chi connectivity index (χ2n) is 12.7. The Labute approximate surface area is 236 Å². The van der Waals surface area contributed by atoms with Gasteiger partial charge < -0.3 is 14.2 Å². The lowest BCUT2D eigenvalue weighted by Crippen LogP contribution is -2.37. The minimum Gasteiger partial charge on any atom is -0.490 e. The molecule has 1 aliphatic heterocycles. The van der Waals surface area contributed by atoms with Gasteiger partial charge in [-0.15, -0.1) is 0 Å². The van der Waals surface area contributed by atoms with E-state index in [-0.39, 0.29) is 28.1 Å². The van der Waals surface area contributed by atoms with Crippen molar-refractivity contribution in [3.05, 3.63) is 81.8 Å². The van der Waals surface area contributed by atoms with E-state index in [1.54, 1.807) is 24.3 Å². The largest absolute Gasteiger partial charge is 0.490 e. The Morgan fingerprint density at radius 3 is 1.93 bits per heavy atom. The van der Waals surface area contributed by atoms with E-state index in [2.05, 4.69) is 34.6 Å². The number of aryl methyl sites for hydroxylation is 1. The summed E-state index contributed by atoms with van der Waals surface area (Å²) < 4.78 is 18.1. The van der Waals surface area contributed by atoms with Crippen LogP contribution in [0.3, 0.4) is 0 Å². The minimum absolute atomic E-state index is 0.00410. The van der Waals surface area contributed by atoms with Crippen molar-refractivity contribution in [3.63, 3.8) is 0 Å². The molecule has 2 aromatic rings. The topological polar surface area (TPSA) is 78.9 Å². The predicted molar refractivity (Wildman–Crippen MR) is 152 cm³/mol. The summed E-state index contributed by atoms with van der Waals surface area (Å²) in [5, 5.41) is 0. The van der Waals surface area contributed by atoms with E-state index in [0.717, 1.165) is 17.5 Å². The molecule has 2 aliphatic carbocycles. The predicted octanol–water partition coefficient (Wildman–Crippen LogP) is 7.27. The van der Waals surface area contributed by atoms with E-state index in [0.29, 0.717) is 66.3 Å². The number of rotatable bonds is 6. The van der Waals surface area contributed by atoms with Crippen molar-refractivity contribution in [2.45, 2.75) is 79.6 Å². The number of ether oxygens (including phenoxy) is 3. The average Bonchev–Trinajstić information content (AvgIpc) is 2.87. The van der Waals surface area contributed by atoms with Crippen molar-refractivity contribution in [2.75, 3.05) is 6.61 Å². The van der Waals surface area contributed by atoms with Gasteiger partial charge >= 0.3 is 5.97 Å². The normalized spacial score (nSPS) is 20.1. The Hall–Kier alpha value is -3.67. The lowest BCUT2D eigenvalue weighted by atomic mass is 9.65. The number of hydrogen-bond acceptors (Lipinski definition) is 6. The first-order valence-corrected chi connectivity index (χ1v) is 14.2. The van der Waals surface area contributed by atoms with E-state index in [1.807, 2.05) is 25.1 Å². The molecular weight excluding hydrogens is 504 g/mol. The highest BCUT2D eigenvalue weighted by Crippen LogP contribution is 2.53. The van der Waals surface area contributed by atoms with Gasteiger partial charge in [-0.25, -0.2) is 4.79 Å². The number of carbonyl (C=O) groups is 3. The van der Waals surface area contributed by atoms with E-state index in [4.69, 9.17) is 14.2 Å². The molecule has 0 N–H and O–H groups in total. The molecule has 5 rings (SSSR count). The molecule has 0 atom stereocenters. The summed E-state index contributed by atoms with van der Waals surface area (Å²) in [6.45, 7) is 12.5. The minimum atomic E-state index is -0.545. The first kappa shape index (κ1) is 27.9. The maximum absolute atomic E-state index is 13.6. The molecule has 0 radical (unpaired) electrons. The zero-order valence-electron chi connectivity index (χ0n) is 24.3. The number of carbonyl (C=O) groups excluding carboxylic acids is 3. The third kappa shape index (κ3) is 5.36. The SMILES string of the molecule is CCOc1cc(C2C3=C(CC(C)(C)CC3=O)OC3=C2C(=O)CC(C)(C)C3)ccc1OC(=O)c1ccc(CC)cc1. The molecule has 40 heavy (non-hydrogen) atoms. The summed E-state index contributed by atoms with van der Waals surface area (Å²) in [5.74, 6) is 0.996. The lowest BCUT2D eigenvalue weighted by molar-refractivity contribution is -0.120. The Morgan fingerprint density at radius 2 is 1.40 bits per heavy atom. The van der Waals surface area contributed by atoms with E-state index in [1.165, 1.54) is 0 Å². The van der Waals surface area contributed by atoms with Crippen molar-refractivity contribution in [1.29, 1.82) is 0 Å². The van der Waals surface area contributed by atoms with Crippen molar-refractivity contribution in [1.82, 2.24) is 0 Å². The van der Waals surface area contributed by atoms with Crippen LogP contribution in [0.25, 0.3) is 0 Å². The summed E-state index contributed by atoms with van der Waals surface area (Å²) >= 11 is 0. The molecule has 0 spiro atoms. The molecule has 210 valence electrons. The van der Waals surface area contributed by atoms with Crippen molar-refractivity contribution in [3.8, 4) is 11.5 Å². The highest BCUT2D eigenvalue weighted by atomic mass is 16.6. The number of benzene rings is 2. The first-order chi connectivity index (χ1) is 18.9. The van der Waals surface area contributed by atoms with E-state index < -0.39 is 11.9 Å². The fourth-order valence-corrected chi connectivity index (χ4v) is 6.10. The first-order valence-electron chi connectivity index (χ1n) is 14.2. The van der Waals surface area contributed by atoms with E-state index in [9.17, 15) is 14.4 Å². The zero-order valence-corrected chi connectivity index (χ0v) is 24.3. The van der Waals surface area contributed by atoms with Gasteiger partial charge in [0.2, 0.25) is 0 Å². The smallest absolute Gasteiger partial charge is 0.343 e. The molecule has 6 nitrogen and oxygen atoms in total. The maximum atomic E-state index is 13.6. The van der Waals surface area contributed by atoms with Crippen LogP contribution in [0.4, 0.5) is 0 Å². The molecule has 3 aliphatic rings. The molecule has 0 unspecified atom stereocenters. The van der Waals surface area contributed by atoms with E-state index >= 15 is 0 Å². The van der Waals surface area contributed by atoms with Gasteiger partial charge in [0.25, 0.3) is 0 Å². The van der Waals surface area contributed by atoms with Crippen LogP contribution in [0.15, 0.2) is 65.1 Å². The molecule has 0 saturated carbocycles. The second kappa shape index (κ2) is 10.4. The van der Waals surface area contributed by atoms with Crippen molar-refractivity contribution < 1.29 is 28.6 Å². The van der Waals surface area contributed by atoms with Gasteiger partial charge in [-0.05, 0) is 59.6 Å². The highest BCUT2D eigenvalue weighted by Gasteiger charge is 2.48. The standard InChI is InChI=1S/C34H38O6/c1-7-20-9-11-21(12-10-20)32(37)40-25-14-13-22(15-26(25)38-8-2)29-30-23(35)16-33(3,4)18-27(30)39-28-19-34(5,6)17-24(36)31(28)29/h9-15,29H,7-8,16-19H2,1-6H3. The van der Waals surface area contributed by atoms with Crippen LogP contribution in [-0.2, 0) is 20.7 Å². The fraction of sp³-hybridized carbons (Fsp3) is 0.441. The van der Waals surface area contributed by atoms with Gasteiger partial charge in [-0.1, -0.05) is 52.8 Å². The third-order valence-corrected chi connectivity index (χ3v) is 7.98. The van der Waals surface area contributed by atoms with Gasteiger partial charge in [-0.3, -0.25) is 9.59 Å². The molecule has 6 heteroatoms. The van der Waals surface area contributed by atoms with Gasteiger partial charge in [-0.2, -0.15) is 0 Å². The summed E-state index contributed by atoms with van der Waals surface area (Å²) in [4.78, 5) is 40.1. The van der Waals surface area contributed by atoms with Crippen LogP contribution >= 0.6 is 0 Å². The van der Waals surface area contributed by atoms with Gasteiger partial charge in [0.1, 0.15) is 11.5 Å².